The van der Waals surface area contributed by atoms with E-state index < -0.39 is 0 Å². The summed E-state index contributed by atoms with van der Waals surface area (Å²) < 4.78 is 0. The van der Waals surface area contributed by atoms with Crippen molar-refractivity contribution in [2.75, 3.05) is 10.3 Å². The molecule has 2 aromatic rings. The number of hydrazine groups is 1. The lowest BCUT2D eigenvalue weighted by Crippen LogP contribution is -2.47. The summed E-state index contributed by atoms with van der Waals surface area (Å²) in [4.78, 5) is 24.7. The van der Waals surface area contributed by atoms with Gasteiger partial charge in [-0.2, -0.15) is 0 Å². The van der Waals surface area contributed by atoms with E-state index in [1.165, 1.54) is 10.6 Å². The second kappa shape index (κ2) is 8.73. The predicted molar refractivity (Wildman–Crippen MR) is 108 cm³/mol. The molecule has 27 heavy (non-hydrogen) atoms. The van der Waals surface area contributed by atoms with Crippen molar-refractivity contribution in [1.29, 1.82) is 0 Å². The molecule has 0 aromatic heterocycles. The maximum absolute atomic E-state index is 12.6. The van der Waals surface area contributed by atoms with Crippen LogP contribution in [0.5, 0.6) is 0 Å². The third kappa shape index (κ3) is 4.89. The minimum absolute atomic E-state index is 0.144. The average Bonchev–Trinajstić information content (AvgIpc) is 2.68. The first-order valence-corrected chi connectivity index (χ1v) is 9.40. The lowest BCUT2D eigenvalue weighted by molar-refractivity contribution is -0.119. The molecule has 2 amide bonds. The first kappa shape index (κ1) is 19.0. The number of anilines is 2. The fourth-order valence-corrected chi connectivity index (χ4v) is 2.91. The summed E-state index contributed by atoms with van der Waals surface area (Å²) in [7, 11) is 0. The second-order valence-corrected chi connectivity index (χ2v) is 6.83. The normalized spacial score (nSPS) is 13.8. The van der Waals surface area contributed by atoms with Gasteiger partial charge in [0.05, 0.1) is 5.69 Å². The van der Waals surface area contributed by atoms with Gasteiger partial charge < -0.3 is 5.32 Å². The van der Waals surface area contributed by atoms with Crippen molar-refractivity contribution in [1.82, 2.24) is 5.43 Å². The molecule has 0 radical (unpaired) electrons. The van der Waals surface area contributed by atoms with Crippen molar-refractivity contribution < 1.29 is 9.59 Å². The Labute approximate surface area is 164 Å². The number of benzene rings is 2. The van der Waals surface area contributed by atoms with Gasteiger partial charge in [0, 0.05) is 17.1 Å². The summed E-state index contributed by atoms with van der Waals surface area (Å²) in [6.07, 6.45) is 5.09. The highest BCUT2D eigenvalue weighted by molar-refractivity contribution is 6.30. The molecule has 0 aliphatic carbocycles. The molecule has 2 aromatic carbocycles. The van der Waals surface area contributed by atoms with E-state index in [9.17, 15) is 9.59 Å². The molecule has 0 fully saturated rings. The molecule has 0 saturated heterocycles. The van der Waals surface area contributed by atoms with Gasteiger partial charge in [0.15, 0.2) is 0 Å². The van der Waals surface area contributed by atoms with Crippen LogP contribution in [0.2, 0.25) is 5.02 Å². The topological polar surface area (TPSA) is 61.4 Å². The first-order valence-electron chi connectivity index (χ1n) is 9.02. The van der Waals surface area contributed by atoms with E-state index in [-0.39, 0.29) is 18.2 Å². The van der Waals surface area contributed by atoms with Gasteiger partial charge in [-0.05, 0) is 60.9 Å². The van der Waals surface area contributed by atoms with Crippen LogP contribution in [0.25, 0.3) is 0 Å². The van der Waals surface area contributed by atoms with Crippen molar-refractivity contribution in [2.24, 2.45) is 0 Å². The van der Waals surface area contributed by atoms with Crippen LogP contribution in [0.15, 0.2) is 60.3 Å². The molecule has 3 rings (SSSR count). The van der Waals surface area contributed by atoms with Crippen molar-refractivity contribution >= 4 is 34.8 Å². The number of aryl methyl sites for hydroxylation is 1. The summed E-state index contributed by atoms with van der Waals surface area (Å²) in [6.45, 7) is 2.16. The number of carbonyl (C=O) groups is 2. The molecule has 1 aliphatic heterocycles. The van der Waals surface area contributed by atoms with Crippen molar-refractivity contribution in [3.63, 3.8) is 0 Å². The zero-order chi connectivity index (χ0) is 19.2. The molecule has 2 N–H and O–H groups in total. The lowest BCUT2D eigenvalue weighted by atomic mass is 10.1. The molecule has 0 bridgehead atoms. The van der Waals surface area contributed by atoms with Gasteiger partial charge in [-0.15, -0.1) is 0 Å². The van der Waals surface area contributed by atoms with E-state index in [0.29, 0.717) is 16.4 Å². The van der Waals surface area contributed by atoms with E-state index in [1.807, 2.05) is 24.3 Å². The Bertz CT molecular complexity index is 845. The Morgan fingerprint density at radius 1 is 1.15 bits per heavy atom. The molecule has 0 saturated carbocycles. The number of hydrogen-bond acceptors (Lipinski definition) is 3. The SMILES string of the molecule is CCCCc1ccc(NC(=O)C2=CCC(=O)N(c3ccc(Cl)cc3)N2)cc1. The Morgan fingerprint density at radius 3 is 2.52 bits per heavy atom. The maximum atomic E-state index is 12.6. The number of nitrogens with zero attached hydrogens (tertiary/aromatic N) is 1. The first-order chi connectivity index (χ1) is 13.1. The molecule has 140 valence electrons. The summed E-state index contributed by atoms with van der Waals surface area (Å²) >= 11 is 5.90. The summed E-state index contributed by atoms with van der Waals surface area (Å²) in [5.74, 6) is -0.433. The van der Waals surface area contributed by atoms with E-state index >= 15 is 0 Å². The quantitative estimate of drug-likeness (QED) is 0.774. The molecule has 0 spiro atoms. The standard InChI is InChI=1S/C21H22ClN3O2/c1-2-3-4-15-5-9-17(10-6-15)23-21(27)19-13-14-20(26)25(24-19)18-11-7-16(22)8-12-18/h5-13,24H,2-4,14H2,1H3,(H,23,27). The lowest BCUT2D eigenvalue weighted by Gasteiger charge is -2.28. The third-order valence-electron chi connectivity index (χ3n) is 4.32. The molecular formula is C21H22ClN3O2. The van der Waals surface area contributed by atoms with E-state index in [2.05, 4.69) is 17.7 Å². The van der Waals surface area contributed by atoms with Gasteiger partial charge in [-0.25, -0.2) is 5.01 Å². The molecule has 0 atom stereocenters. The smallest absolute Gasteiger partial charge is 0.273 e. The van der Waals surface area contributed by atoms with Gasteiger partial charge >= 0.3 is 0 Å². The largest absolute Gasteiger partial charge is 0.321 e. The Kier molecular flexibility index (Phi) is 6.14. The van der Waals surface area contributed by atoms with Crippen molar-refractivity contribution in [2.45, 2.75) is 32.6 Å². The van der Waals surface area contributed by atoms with E-state index in [4.69, 9.17) is 11.6 Å². The fraction of sp³-hybridized carbons (Fsp3) is 0.238. The average molecular weight is 384 g/mol. The number of halogens is 1. The predicted octanol–water partition coefficient (Wildman–Crippen LogP) is 4.45. The van der Waals surface area contributed by atoms with Gasteiger partial charge in [0.2, 0.25) is 5.91 Å². The van der Waals surface area contributed by atoms with Crippen LogP contribution in [0, 0.1) is 0 Å². The van der Waals surface area contributed by atoms with Crippen molar-refractivity contribution in [3.8, 4) is 0 Å². The number of unbranched alkanes of at least 4 members (excludes halogenated alkanes) is 1. The fourth-order valence-electron chi connectivity index (χ4n) is 2.79. The van der Waals surface area contributed by atoms with Crippen molar-refractivity contribution in [3.05, 3.63) is 70.9 Å². The number of carbonyl (C=O) groups excluding carboxylic acids is 2. The van der Waals surface area contributed by atoms with Gasteiger partial charge in [-0.1, -0.05) is 37.1 Å². The Balaban J connectivity index is 1.66. The minimum Gasteiger partial charge on any atom is -0.321 e. The molecule has 6 heteroatoms. The van der Waals surface area contributed by atoms with Gasteiger partial charge in [0.25, 0.3) is 5.91 Å². The number of rotatable bonds is 6. The molecule has 0 unspecified atom stereocenters. The van der Waals surface area contributed by atoms with Crippen LogP contribution >= 0.6 is 11.6 Å². The molecular weight excluding hydrogens is 362 g/mol. The van der Waals surface area contributed by atoms with Crippen LogP contribution in [-0.2, 0) is 16.0 Å². The van der Waals surface area contributed by atoms with Crippen LogP contribution in [0.4, 0.5) is 11.4 Å². The Hall–Kier alpha value is -2.79. The van der Waals surface area contributed by atoms with Crippen LogP contribution in [0.3, 0.4) is 0 Å². The van der Waals surface area contributed by atoms with E-state index in [0.717, 1.165) is 24.9 Å². The van der Waals surface area contributed by atoms with E-state index in [1.54, 1.807) is 30.3 Å². The van der Waals surface area contributed by atoms with Gasteiger partial charge in [-0.3, -0.25) is 15.0 Å². The summed E-state index contributed by atoms with van der Waals surface area (Å²) in [5.41, 5.74) is 5.82. The summed E-state index contributed by atoms with van der Waals surface area (Å²) in [5, 5.41) is 4.80. The van der Waals surface area contributed by atoms with Crippen LogP contribution in [-0.4, -0.2) is 11.8 Å². The zero-order valence-corrected chi connectivity index (χ0v) is 15.9. The minimum atomic E-state index is -0.289. The maximum Gasteiger partial charge on any atom is 0.273 e. The molecule has 1 aliphatic rings. The number of amides is 2. The summed E-state index contributed by atoms with van der Waals surface area (Å²) in [6, 6.07) is 14.7. The molecule has 1 heterocycles. The molecule has 5 nitrogen and oxygen atoms in total. The highest BCUT2D eigenvalue weighted by atomic mass is 35.5. The monoisotopic (exact) mass is 383 g/mol. The highest BCUT2D eigenvalue weighted by Crippen LogP contribution is 2.21. The number of hydrogen-bond donors (Lipinski definition) is 2. The number of nitrogens with one attached hydrogen (secondary N) is 2. The van der Waals surface area contributed by atoms with Crippen LogP contribution < -0.4 is 15.8 Å². The second-order valence-electron chi connectivity index (χ2n) is 6.39. The van der Waals surface area contributed by atoms with Gasteiger partial charge in [0.1, 0.15) is 5.70 Å². The zero-order valence-electron chi connectivity index (χ0n) is 15.2. The third-order valence-corrected chi connectivity index (χ3v) is 4.57. The highest BCUT2D eigenvalue weighted by Gasteiger charge is 2.24. The van der Waals surface area contributed by atoms with Crippen LogP contribution in [0.1, 0.15) is 31.7 Å². The Morgan fingerprint density at radius 2 is 1.85 bits per heavy atom.